The van der Waals surface area contributed by atoms with E-state index in [1.54, 1.807) is 0 Å². The van der Waals surface area contributed by atoms with Crippen molar-refractivity contribution in [1.29, 1.82) is 0 Å². The standard InChI is InChI=1S/C7H11Br3N2O3/c8-7(9,10)4-15-6(14)3-11-1-2-12-5-13/h5,11H,1-4H2,(H,12,13). The first-order valence-corrected chi connectivity index (χ1v) is 6.44. The fourth-order valence-electron chi connectivity index (χ4n) is 0.623. The average Bonchev–Trinajstić information content (AvgIpc) is 2.13. The molecule has 0 bridgehead atoms. The molecule has 0 aliphatic carbocycles. The van der Waals surface area contributed by atoms with Gasteiger partial charge in [-0.15, -0.1) is 0 Å². The van der Waals surface area contributed by atoms with Crippen molar-refractivity contribution in [3.05, 3.63) is 0 Å². The SMILES string of the molecule is O=CNCCNCC(=O)OCC(Br)(Br)Br. The highest BCUT2D eigenvalue weighted by atomic mass is 80.0. The highest BCUT2D eigenvalue weighted by molar-refractivity contribution is 9.39. The molecular weight excluding hydrogens is 400 g/mol. The molecule has 88 valence electrons. The third-order valence-corrected chi connectivity index (χ3v) is 1.88. The van der Waals surface area contributed by atoms with Gasteiger partial charge in [0, 0.05) is 13.1 Å². The van der Waals surface area contributed by atoms with E-state index in [4.69, 9.17) is 4.74 Å². The summed E-state index contributed by atoms with van der Waals surface area (Å²) in [7, 11) is 0. The summed E-state index contributed by atoms with van der Waals surface area (Å²) in [5, 5.41) is 5.27. The molecule has 2 N–H and O–H groups in total. The van der Waals surface area contributed by atoms with Crippen molar-refractivity contribution in [2.75, 3.05) is 26.2 Å². The van der Waals surface area contributed by atoms with Crippen molar-refractivity contribution in [2.24, 2.45) is 0 Å². The van der Waals surface area contributed by atoms with Crippen LogP contribution in [0.5, 0.6) is 0 Å². The maximum absolute atomic E-state index is 11.1. The van der Waals surface area contributed by atoms with Gasteiger partial charge in [-0.2, -0.15) is 0 Å². The number of amides is 1. The molecule has 0 saturated heterocycles. The Hall–Kier alpha value is 0.340. The highest BCUT2D eigenvalue weighted by Gasteiger charge is 2.19. The van der Waals surface area contributed by atoms with E-state index in [-0.39, 0.29) is 19.1 Å². The lowest BCUT2D eigenvalue weighted by Crippen LogP contribution is -2.32. The first-order chi connectivity index (χ1) is 6.95. The summed E-state index contributed by atoms with van der Waals surface area (Å²) >= 11 is 9.59. The maximum atomic E-state index is 11.1. The van der Waals surface area contributed by atoms with Gasteiger partial charge in [0.2, 0.25) is 6.41 Å². The monoisotopic (exact) mass is 408 g/mol. The number of alkyl halides is 3. The normalized spacial score (nSPS) is 10.9. The molecule has 0 rings (SSSR count). The average molecular weight is 411 g/mol. The van der Waals surface area contributed by atoms with E-state index in [2.05, 4.69) is 58.4 Å². The van der Waals surface area contributed by atoms with Crippen LogP contribution in [0.15, 0.2) is 0 Å². The van der Waals surface area contributed by atoms with Crippen molar-refractivity contribution >= 4 is 60.2 Å². The van der Waals surface area contributed by atoms with Gasteiger partial charge in [0.25, 0.3) is 0 Å². The Morgan fingerprint density at radius 1 is 1.33 bits per heavy atom. The molecule has 1 amide bonds. The Kier molecular flexibility index (Phi) is 8.68. The lowest BCUT2D eigenvalue weighted by Gasteiger charge is -2.12. The number of rotatable bonds is 7. The van der Waals surface area contributed by atoms with Crippen LogP contribution in [0.25, 0.3) is 0 Å². The molecule has 0 heterocycles. The molecule has 0 aromatic rings. The van der Waals surface area contributed by atoms with Gasteiger partial charge in [0.15, 0.2) is 2.14 Å². The first-order valence-electron chi connectivity index (χ1n) is 4.06. The first kappa shape index (κ1) is 15.3. The predicted molar refractivity (Wildman–Crippen MR) is 67.4 cm³/mol. The zero-order valence-corrected chi connectivity index (χ0v) is 12.5. The van der Waals surface area contributed by atoms with Crippen molar-refractivity contribution in [3.8, 4) is 0 Å². The molecule has 0 atom stereocenters. The minimum Gasteiger partial charge on any atom is -0.461 e. The van der Waals surface area contributed by atoms with E-state index >= 15 is 0 Å². The molecular formula is C7H11Br3N2O3. The fourth-order valence-corrected chi connectivity index (χ4v) is 0.967. The molecule has 0 aliphatic rings. The second-order valence-corrected chi connectivity index (χ2v) is 9.78. The van der Waals surface area contributed by atoms with Gasteiger partial charge in [-0.1, -0.05) is 47.8 Å². The van der Waals surface area contributed by atoms with Crippen LogP contribution in [0, 0.1) is 0 Å². The summed E-state index contributed by atoms with van der Waals surface area (Å²) in [6, 6.07) is 0. The summed E-state index contributed by atoms with van der Waals surface area (Å²) in [6.45, 7) is 1.29. The van der Waals surface area contributed by atoms with E-state index in [1.807, 2.05) is 0 Å². The minimum absolute atomic E-state index is 0.115. The summed E-state index contributed by atoms with van der Waals surface area (Å²) < 4.78 is 4.31. The number of halogens is 3. The molecule has 8 heteroatoms. The Morgan fingerprint density at radius 2 is 2.00 bits per heavy atom. The Bertz CT molecular complexity index is 208. The van der Waals surface area contributed by atoms with Crippen molar-refractivity contribution < 1.29 is 14.3 Å². The summed E-state index contributed by atoms with van der Waals surface area (Å²) in [5.74, 6) is -0.358. The van der Waals surface area contributed by atoms with Crippen LogP contribution in [0.4, 0.5) is 0 Å². The highest BCUT2D eigenvalue weighted by Crippen LogP contribution is 2.33. The number of hydrogen-bond acceptors (Lipinski definition) is 4. The Labute approximate surface area is 113 Å². The van der Waals surface area contributed by atoms with E-state index in [0.29, 0.717) is 19.5 Å². The molecule has 15 heavy (non-hydrogen) atoms. The third-order valence-electron chi connectivity index (χ3n) is 1.20. The predicted octanol–water partition coefficient (Wildman–Crippen LogP) is 0.704. The van der Waals surface area contributed by atoms with E-state index in [9.17, 15) is 9.59 Å². The van der Waals surface area contributed by atoms with Crippen LogP contribution < -0.4 is 10.6 Å². The Balaban J connectivity index is 3.38. The van der Waals surface area contributed by atoms with Crippen LogP contribution >= 0.6 is 47.8 Å². The van der Waals surface area contributed by atoms with Gasteiger partial charge < -0.3 is 15.4 Å². The molecule has 0 aliphatic heterocycles. The number of hydrogen-bond donors (Lipinski definition) is 2. The van der Waals surface area contributed by atoms with Gasteiger partial charge in [-0.25, -0.2) is 0 Å². The van der Waals surface area contributed by atoms with Crippen LogP contribution in [0.2, 0.25) is 0 Å². The molecule has 5 nitrogen and oxygen atoms in total. The summed E-state index contributed by atoms with van der Waals surface area (Å²) in [5.41, 5.74) is 0. The molecule has 0 unspecified atom stereocenters. The molecule has 0 saturated carbocycles. The number of carbonyl (C=O) groups excluding carboxylic acids is 2. The second kappa shape index (κ2) is 8.49. The van der Waals surface area contributed by atoms with E-state index < -0.39 is 2.14 Å². The van der Waals surface area contributed by atoms with Gasteiger partial charge in [-0.05, 0) is 0 Å². The van der Waals surface area contributed by atoms with E-state index in [1.165, 1.54) is 0 Å². The smallest absolute Gasteiger partial charge is 0.320 e. The molecule has 0 aromatic heterocycles. The maximum Gasteiger partial charge on any atom is 0.320 e. The quantitative estimate of drug-likeness (QED) is 0.281. The molecule has 0 fully saturated rings. The topological polar surface area (TPSA) is 67.4 Å². The zero-order chi connectivity index (χ0) is 11.7. The molecule has 0 aromatic carbocycles. The van der Waals surface area contributed by atoms with Crippen LogP contribution in [-0.2, 0) is 14.3 Å². The lowest BCUT2D eigenvalue weighted by molar-refractivity contribution is -0.142. The van der Waals surface area contributed by atoms with Gasteiger partial charge in [0.1, 0.15) is 6.61 Å². The van der Waals surface area contributed by atoms with Gasteiger partial charge in [0.05, 0.1) is 6.54 Å². The second-order valence-electron chi connectivity index (χ2n) is 2.52. The third kappa shape index (κ3) is 12.3. The fraction of sp³-hybridized carbons (Fsp3) is 0.714. The van der Waals surface area contributed by atoms with E-state index in [0.717, 1.165) is 0 Å². The molecule has 0 spiro atoms. The van der Waals surface area contributed by atoms with Crippen LogP contribution in [-0.4, -0.2) is 40.8 Å². The number of carbonyl (C=O) groups is 2. The van der Waals surface area contributed by atoms with Crippen molar-refractivity contribution in [1.82, 2.24) is 10.6 Å². The summed E-state index contributed by atoms with van der Waals surface area (Å²) in [4.78, 5) is 21.0. The van der Waals surface area contributed by atoms with Crippen molar-refractivity contribution in [2.45, 2.75) is 2.14 Å². The van der Waals surface area contributed by atoms with Gasteiger partial charge in [-0.3, -0.25) is 9.59 Å². The van der Waals surface area contributed by atoms with Crippen LogP contribution in [0.1, 0.15) is 0 Å². The molecule has 0 radical (unpaired) electrons. The zero-order valence-electron chi connectivity index (χ0n) is 7.76. The summed E-state index contributed by atoms with van der Waals surface area (Å²) in [6.07, 6.45) is 0.606. The minimum atomic E-state index is -0.568. The number of ether oxygens (including phenoxy) is 1. The Morgan fingerprint density at radius 3 is 2.53 bits per heavy atom. The van der Waals surface area contributed by atoms with Crippen LogP contribution in [0.3, 0.4) is 0 Å². The van der Waals surface area contributed by atoms with Gasteiger partial charge >= 0.3 is 5.97 Å². The van der Waals surface area contributed by atoms with Crippen molar-refractivity contribution in [3.63, 3.8) is 0 Å². The lowest BCUT2D eigenvalue weighted by atomic mass is 10.5. The number of esters is 1. The number of nitrogens with one attached hydrogen (secondary N) is 2. The largest absolute Gasteiger partial charge is 0.461 e.